The summed E-state index contributed by atoms with van der Waals surface area (Å²) < 4.78 is 11.7. The van der Waals surface area contributed by atoms with Gasteiger partial charge >= 0.3 is 5.97 Å². The first-order valence-corrected chi connectivity index (χ1v) is 7.23. The maximum Gasteiger partial charge on any atom is 0.356 e. The Kier molecular flexibility index (Phi) is 3.77. The van der Waals surface area contributed by atoms with Crippen LogP contribution in [0.5, 0.6) is 0 Å². The summed E-state index contributed by atoms with van der Waals surface area (Å²) in [4.78, 5) is 18.7. The molecule has 1 aromatic heterocycles. The quantitative estimate of drug-likeness (QED) is 0.845. The maximum atomic E-state index is 10.8. The highest BCUT2D eigenvalue weighted by Gasteiger charge is 2.58. The molecule has 21 heavy (non-hydrogen) atoms. The first-order chi connectivity index (χ1) is 10.2. The van der Waals surface area contributed by atoms with Gasteiger partial charge in [0.2, 0.25) is 0 Å². The fourth-order valence-electron chi connectivity index (χ4n) is 3.17. The first-order valence-electron chi connectivity index (χ1n) is 7.23. The van der Waals surface area contributed by atoms with E-state index in [0.717, 1.165) is 25.9 Å². The molecule has 2 heterocycles. The first kappa shape index (κ1) is 14.2. The van der Waals surface area contributed by atoms with E-state index in [1.807, 2.05) is 6.92 Å². The number of carbonyl (C=O) groups is 1. The Morgan fingerprint density at radius 3 is 3.00 bits per heavy atom. The summed E-state index contributed by atoms with van der Waals surface area (Å²) in [6.07, 6.45) is 5.68. The van der Waals surface area contributed by atoms with Crippen LogP contribution in [-0.2, 0) is 9.47 Å². The lowest BCUT2D eigenvalue weighted by Gasteiger charge is -2.52. The van der Waals surface area contributed by atoms with Crippen molar-refractivity contribution >= 4 is 11.8 Å². The highest BCUT2D eigenvalue weighted by molar-refractivity contribution is 5.84. The van der Waals surface area contributed by atoms with Crippen molar-refractivity contribution < 1.29 is 19.4 Å². The number of aromatic carboxylic acids is 1. The summed E-state index contributed by atoms with van der Waals surface area (Å²) >= 11 is 0. The minimum absolute atomic E-state index is 0.0619. The zero-order valence-electron chi connectivity index (χ0n) is 11.9. The van der Waals surface area contributed by atoms with Crippen molar-refractivity contribution in [3.63, 3.8) is 0 Å². The van der Waals surface area contributed by atoms with Crippen molar-refractivity contribution in [2.24, 2.45) is 0 Å². The number of nitrogens with zero attached hydrogens (tertiary/aromatic N) is 2. The zero-order valence-corrected chi connectivity index (χ0v) is 11.9. The molecule has 1 aromatic rings. The minimum atomic E-state index is -1.08. The Balaban J connectivity index is 1.69. The topological polar surface area (TPSA) is 93.6 Å². The van der Waals surface area contributed by atoms with Gasteiger partial charge in [-0.05, 0) is 26.2 Å². The second kappa shape index (κ2) is 5.57. The molecule has 0 aromatic carbocycles. The molecule has 2 aliphatic rings. The van der Waals surface area contributed by atoms with E-state index in [0.29, 0.717) is 12.4 Å². The average Bonchev–Trinajstić information content (AvgIpc) is 2.99. The maximum absolute atomic E-state index is 10.8. The molecule has 7 nitrogen and oxygen atoms in total. The monoisotopic (exact) mass is 293 g/mol. The Hall–Kier alpha value is -1.73. The largest absolute Gasteiger partial charge is 0.476 e. The van der Waals surface area contributed by atoms with Gasteiger partial charge in [0.25, 0.3) is 0 Å². The molecule has 114 valence electrons. The molecule has 0 bridgehead atoms. The van der Waals surface area contributed by atoms with Crippen LogP contribution in [0.25, 0.3) is 0 Å². The van der Waals surface area contributed by atoms with Crippen LogP contribution in [0.1, 0.15) is 36.7 Å². The number of ether oxygens (including phenoxy) is 2. The van der Waals surface area contributed by atoms with Gasteiger partial charge in [0.1, 0.15) is 11.4 Å². The Morgan fingerprint density at radius 1 is 1.57 bits per heavy atom. The van der Waals surface area contributed by atoms with Crippen LogP contribution >= 0.6 is 0 Å². The number of anilines is 1. The molecule has 3 unspecified atom stereocenters. The van der Waals surface area contributed by atoms with Crippen molar-refractivity contribution in [1.29, 1.82) is 0 Å². The van der Waals surface area contributed by atoms with Gasteiger partial charge < -0.3 is 19.9 Å². The molecular formula is C14H19N3O4. The van der Waals surface area contributed by atoms with Crippen molar-refractivity contribution in [1.82, 2.24) is 9.97 Å². The number of carboxylic acid groups (broad SMARTS) is 1. The highest BCUT2D eigenvalue weighted by Crippen LogP contribution is 2.46. The normalized spacial score (nSPS) is 31.1. The van der Waals surface area contributed by atoms with Crippen LogP contribution in [0.15, 0.2) is 12.4 Å². The van der Waals surface area contributed by atoms with Gasteiger partial charge in [-0.25, -0.2) is 14.8 Å². The molecule has 1 saturated heterocycles. The SMILES string of the molecule is CCOC1CC(Nc2cnc(C(=O)O)cn2)C12CCCO2. The van der Waals surface area contributed by atoms with Gasteiger partial charge in [0.15, 0.2) is 5.69 Å². The lowest BCUT2D eigenvalue weighted by atomic mass is 9.70. The second-order valence-corrected chi connectivity index (χ2v) is 5.38. The van der Waals surface area contributed by atoms with E-state index in [4.69, 9.17) is 14.6 Å². The third-order valence-electron chi connectivity index (χ3n) is 4.23. The smallest absolute Gasteiger partial charge is 0.356 e. The molecule has 3 atom stereocenters. The van der Waals surface area contributed by atoms with E-state index in [9.17, 15) is 4.79 Å². The Labute approximate surface area is 122 Å². The van der Waals surface area contributed by atoms with Crippen LogP contribution in [0.3, 0.4) is 0 Å². The van der Waals surface area contributed by atoms with Gasteiger partial charge in [0, 0.05) is 13.2 Å². The summed E-state index contributed by atoms with van der Waals surface area (Å²) in [5, 5.41) is 12.1. The summed E-state index contributed by atoms with van der Waals surface area (Å²) in [6.45, 7) is 3.42. The molecule has 0 radical (unpaired) electrons. The van der Waals surface area contributed by atoms with E-state index < -0.39 is 5.97 Å². The molecule has 3 rings (SSSR count). The lowest BCUT2D eigenvalue weighted by Crippen LogP contribution is -2.66. The van der Waals surface area contributed by atoms with Crippen molar-refractivity contribution in [2.45, 2.75) is 43.9 Å². The van der Waals surface area contributed by atoms with E-state index >= 15 is 0 Å². The summed E-state index contributed by atoms with van der Waals surface area (Å²) in [6, 6.07) is 0.126. The van der Waals surface area contributed by atoms with Gasteiger partial charge in [0.05, 0.1) is 24.5 Å². The van der Waals surface area contributed by atoms with Gasteiger partial charge in [-0.2, -0.15) is 0 Å². The van der Waals surface area contributed by atoms with Gasteiger partial charge in [-0.1, -0.05) is 0 Å². The lowest BCUT2D eigenvalue weighted by molar-refractivity contribution is -0.184. The summed E-state index contributed by atoms with van der Waals surface area (Å²) in [5.41, 5.74) is -0.337. The number of aromatic nitrogens is 2. The molecular weight excluding hydrogens is 274 g/mol. The van der Waals surface area contributed by atoms with Crippen molar-refractivity contribution in [2.75, 3.05) is 18.5 Å². The third kappa shape index (κ3) is 2.47. The Bertz CT molecular complexity index is 513. The number of carboxylic acids is 1. The van der Waals surface area contributed by atoms with E-state index in [-0.39, 0.29) is 23.4 Å². The average molecular weight is 293 g/mol. The van der Waals surface area contributed by atoms with Crippen molar-refractivity contribution in [3.8, 4) is 0 Å². The fourth-order valence-corrected chi connectivity index (χ4v) is 3.17. The molecule has 2 fully saturated rings. The van der Waals surface area contributed by atoms with Crippen LogP contribution < -0.4 is 5.32 Å². The predicted octanol–water partition coefficient (Wildman–Crippen LogP) is 1.31. The predicted molar refractivity (Wildman–Crippen MR) is 74.4 cm³/mol. The highest BCUT2D eigenvalue weighted by atomic mass is 16.6. The van der Waals surface area contributed by atoms with Crippen LogP contribution in [0, 0.1) is 0 Å². The third-order valence-corrected chi connectivity index (χ3v) is 4.23. The zero-order chi connectivity index (χ0) is 14.9. The minimum Gasteiger partial charge on any atom is -0.476 e. The number of hydrogen-bond donors (Lipinski definition) is 2. The number of nitrogens with one attached hydrogen (secondary N) is 1. The van der Waals surface area contributed by atoms with Crippen LogP contribution in [0.2, 0.25) is 0 Å². The van der Waals surface area contributed by atoms with Gasteiger partial charge in [-0.3, -0.25) is 0 Å². The van der Waals surface area contributed by atoms with Crippen LogP contribution in [-0.4, -0.2) is 52.0 Å². The molecule has 7 heteroatoms. The second-order valence-electron chi connectivity index (χ2n) is 5.38. The van der Waals surface area contributed by atoms with E-state index in [1.54, 1.807) is 0 Å². The standard InChI is InChI=1S/C14H19N3O4/c1-2-20-11-6-10(14(11)4-3-5-21-14)17-12-8-15-9(7-16-12)13(18)19/h7-8,10-11H,2-6H2,1H3,(H,16,17)(H,18,19). The molecule has 0 amide bonds. The van der Waals surface area contributed by atoms with Crippen LogP contribution in [0.4, 0.5) is 5.82 Å². The molecule has 1 saturated carbocycles. The molecule has 1 aliphatic heterocycles. The van der Waals surface area contributed by atoms with E-state index in [2.05, 4.69) is 15.3 Å². The van der Waals surface area contributed by atoms with Crippen molar-refractivity contribution in [3.05, 3.63) is 18.1 Å². The molecule has 2 N–H and O–H groups in total. The fraction of sp³-hybridized carbons (Fsp3) is 0.643. The summed E-state index contributed by atoms with van der Waals surface area (Å²) in [5.74, 6) is -0.514. The molecule has 1 spiro atoms. The number of hydrogen-bond acceptors (Lipinski definition) is 6. The van der Waals surface area contributed by atoms with Gasteiger partial charge in [-0.15, -0.1) is 0 Å². The number of rotatable bonds is 5. The Morgan fingerprint density at radius 2 is 2.43 bits per heavy atom. The van der Waals surface area contributed by atoms with E-state index in [1.165, 1.54) is 12.4 Å². The molecule has 1 aliphatic carbocycles. The summed E-state index contributed by atoms with van der Waals surface area (Å²) in [7, 11) is 0.